The molecule has 1 aromatic carbocycles. The molecule has 0 bridgehead atoms. The molecule has 0 aliphatic heterocycles. The van der Waals surface area contributed by atoms with E-state index in [0.29, 0.717) is 17.1 Å². The fourth-order valence-corrected chi connectivity index (χ4v) is 1.55. The van der Waals surface area contributed by atoms with Gasteiger partial charge in [0.05, 0.1) is 20.4 Å². The van der Waals surface area contributed by atoms with Crippen LogP contribution in [-0.4, -0.2) is 30.3 Å². The van der Waals surface area contributed by atoms with E-state index in [1.54, 1.807) is 18.2 Å². The molecular weight excluding hydrogens is 238 g/mol. The predicted molar refractivity (Wildman–Crippen MR) is 62.0 cm³/mol. The Morgan fingerprint density at radius 3 is 2.33 bits per heavy atom. The Balaban J connectivity index is 2.57. The van der Waals surface area contributed by atoms with Gasteiger partial charge in [-0.2, -0.15) is 0 Å². The van der Waals surface area contributed by atoms with Gasteiger partial charge in [-0.1, -0.05) is 6.07 Å². The van der Waals surface area contributed by atoms with Crippen LogP contribution in [0.1, 0.15) is 10.6 Å². The van der Waals surface area contributed by atoms with Crippen LogP contribution in [0, 0.1) is 0 Å². The van der Waals surface area contributed by atoms with Crippen molar-refractivity contribution < 1.29 is 23.8 Å². The molecule has 18 heavy (non-hydrogen) atoms. The molecule has 0 radical (unpaired) electrons. The van der Waals surface area contributed by atoms with E-state index in [1.165, 1.54) is 14.2 Å². The lowest BCUT2D eigenvalue weighted by atomic mass is 10.1. The first-order valence-electron chi connectivity index (χ1n) is 5.08. The van der Waals surface area contributed by atoms with Gasteiger partial charge in [0.25, 0.3) is 0 Å². The lowest BCUT2D eigenvalue weighted by molar-refractivity contribution is 0.0663. The minimum absolute atomic E-state index is 0.140. The van der Waals surface area contributed by atoms with Crippen molar-refractivity contribution in [3.63, 3.8) is 0 Å². The number of aromatic carboxylic acids is 1. The van der Waals surface area contributed by atoms with E-state index in [1.807, 2.05) is 0 Å². The average molecular weight is 249 g/mol. The van der Waals surface area contributed by atoms with Gasteiger partial charge >= 0.3 is 5.97 Å². The molecule has 0 saturated carbocycles. The quantitative estimate of drug-likeness (QED) is 0.893. The molecule has 0 saturated heterocycles. The first-order valence-corrected chi connectivity index (χ1v) is 5.08. The third kappa shape index (κ3) is 2.00. The highest BCUT2D eigenvalue weighted by Crippen LogP contribution is 2.37. The van der Waals surface area contributed by atoms with Crippen molar-refractivity contribution >= 4 is 5.97 Å². The molecule has 0 atom stereocenters. The van der Waals surface area contributed by atoms with E-state index in [2.05, 4.69) is 4.98 Å². The number of ether oxygens (including phenoxy) is 2. The van der Waals surface area contributed by atoms with Crippen molar-refractivity contribution in [2.75, 3.05) is 14.2 Å². The highest BCUT2D eigenvalue weighted by atomic mass is 16.5. The second-order valence-electron chi connectivity index (χ2n) is 3.37. The highest BCUT2D eigenvalue weighted by Gasteiger charge is 2.19. The summed E-state index contributed by atoms with van der Waals surface area (Å²) in [5.74, 6) is -0.288. The largest absolute Gasteiger partial charge is 0.496 e. The van der Waals surface area contributed by atoms with Crippen LogP contribution in [0.4, 0.5) is 0 Å². The molecule has 6 nitrogen and oxygen atoms in total. The maximum absolute atomic E-state index is 10.8. The zero-order chi connectivity index (χ0) is 13.1. The fourth-order valence-electron chi connectivity index (χ4n) is 1.55. The van der Waals surface area contributed by atoms with Gasteiger partial charge < -0.3 is 19.0 Å². The Labute approximate surface area is 103 Å². The number of carbonyl (C=O) groups is 1. The number of rotatable bonds is 4. The van der Waals surface area contributed by atoms with Crippen LogP contribution < -0.4 is 9.47 Å². The SMILES string of the molecule is COc1cccc(OC)c1-c1ncc(C(=O)O)o1. The standard InChI is InChI=1S/C12H11NO5/c1-16-7-4-3-5-8(17-2)10(7)11-13-6-9(18-11)12(14)15/h3-6H,1-2H3,(H,14,15). The molecule has 0 amide bonds. The van der Waals surface area contributed by atoms with Gasteiger partial charge in [-0.15, -0.1) is 0 Å². The number of oxazole rings is 1. The highest BCUT2D eigenvalue weighted by molar-refractivity contribution is 5.84. The molecule has 0 fully saturated rings. The van der Waals surface area contributed by atoms with Gasteiger partial charge in [-0.05, 0) is 12.1 Å². The molecule has 2 aromatic rings. The van der Waals surface area contributed by atoms with Crippen molar-refractivity contribution in [1.29, 1.82) is 0 Å². The number of hydrogen-bond donors (Lipinski definition) is 1. The summed E-state index contributed by atoms with van der Waals surface area (Å²) in [6.45, 7) is 0. The molecule has 94 valence electrons. The monoisotopic (exact) mass is 249 g/mol. The minimum Gasteiger partial charge on any atom is -0.496 e. The van der Waals surface area contributed by atoms with Crippen LogP contribution in [0.5, 0.6) is 11.5 Å². The second-order valence-corrected chi connectivity index (χ2v) is 3.37. The van der Waals surface area contributed by atoms with E-state index < -0.39 is 5.97 Å². The summed E-state index contributed by atoms with van der Waals surface area (Å²) < 4.78 is 15.5. The van der Waals surface area contributed by atoms with Gasteiger partial charge in [-0.3, -0.25) is 0 Å². The molecule has 1 N–H and O–H groups in total. The van der Waals surface area contributed by atoms with Crippen LogP contribution in [0.2, 0.25) is 0 Å². The van der Waals surface area contributed by atoms with Crippen molar-refractivity contribution in [2.24, 2.45) is 0 Å². The van der Waals surface area contributed by atoms with Crippen molar-refractivity contribution in [3.8, 4) is 23.0 Å². The van der Waals surface area contributed by atoms with Crippen LogP contribution in [0.25, 0.3) is 11.5 Å². The zero-order valence-corrected chi connectivity index (χ0v) is 9.84. The molecule has 1 aromatic heterocycles. The average Bonchev–Trinajstić information content (AvgIpc) is 2.87. The van der Waals surface area contributed by atoms with Gasteiger partial charge in [-0.25, -0.2) is 9.78 Å². The second kappa shape index (κ2) is 4.79. The summed E-state index contributed by atoms with van der Waals surface area (Å²) in [4.78, 5) is 14.7. The molecule has 6 heteroatoms. The number of methoxy groups -OCH3 is 2. The normalized spacial score (nSPS) is 10.1. The van der Waals surface area contributed by atoms with E-state index >= 15 is 0 Å². The number of carboxylic acid groups (broad SMARTS) is 1. The van der Waals surface area contributed by atoms with Gasteiger partial charge in [0.15, 0.2) is 0 Å². The number of carboxylic acids is 1. The summed E-state index contributed by atoms with van der Waals surface area (Å²) >= 11 is 0. The van der Waals surface area contributed by atoms with Crippen LogP contribution in [0.3, 0.4) is 0 Å². The summed E-state index contributed by atoms with van der Waals surface area (Å²) in [6.07, 6.45) is 1.14. The Morgan fingerprint density at radius 2 is 1.89 bits per heavy atom. The molecule has 0 aliphatic carbocycles. The summed E-state index contributed by atoms with van der Waals surface area (Å²) in [5.41, 5.74) is 0.481. The lowest BCUT2D eigenvalue weighted by Crippen LogP contribution is -1.93. The molecule has 0 unspecified atom stereocenters. The number of aromatic nitrogens is 1. The fraction of sp³-hybridized carbons (Fsp3) is 0.167. The smallest absolute Gasteiger partial charge is 0.373 e. The topological polar surface area (TPSA) is 81.8 Å². The first-order chi connectivity index (χ1) is 8.67. The van der Waals surface area contributed by atoms with Crippen LogP contribution in [0.15, 0.2) is 28.8 Å². The van der Waals surface area contributed by atoms with Crippen molar-refractivity contribution in [3.05, 3.63) is 30.2 Å². The minimum atomic E-state index is -1.18. The summed E-state index contributed by atoms with van der Waals surface area (Å²) in [6, 6.07) is 5.17. The van der Waals surface area contributed by atoms with Crippen molar-refractivity contribution in [2.45, 2.75) is 0 Å². The van der Waals surface area contributed by atoms with Gasteiger partial charge in [0, 0.05) is 0 Å². The molecule has 2 rings (SSSR count). The van der Waals surface area contributed by atoms with Crippen LogP contribution >= 0.6 is 0 Å². The third-order valence-corrected chi connectivity index (χ3v) is 2.36. The Bertz CT molecular complexity index is 553. The maximum atomic E-state index is 10.8. The Morgan fingerprint density at radius 1 is 1.28 bits per heavy atom. The number of benzene rings is 1. The van der Waals surface area contributed by atoms with E-state index in [-0.39, 0.29) is 11.7 Å². The third-order valence-electron chi connectivity index (χ3n) is 2.36. The van der Waals surface area contributed by atoms with Gasteiger partial charge in [0.2, 0.25) is 11.7 Å². The summed E-state index contributed by atoms with van der Waals surface area (Å²) in [5, 5.41) is 8.80. The van der Waals surface area contributed by atoms with Crippen molar-refractivity contribution in [1.82, 2.24) is 4.98 Å². The predicted octanol–water partition coefficient (Wildman–Crippen LogP) is 2.06. The molecule has 1 heterocycles. The maximum Gasteiger partial charge on any atom is 0.373 e. The van der Waals surface area contributed by atoms with Gasteiger partial charge in [0.1, 0.15) is 17.1 Å². The lowest BCUT2D eigenvalue weighted by Gasteiger charge is -2.09. The van der Waals surface area contributed by atoms with E-state index in [4.69, 9.17) is 19.0 Å². The number of nitrogens with zero attached hydrogens (tertiary/aromatic N) is 1. The zero-order valence-electron chi connectivity index (χ0n) is 9.84. The number of hydrogen-bond acceptors (Lipinski definition) is 5. The summed E-state index contributed by atoms with van der Waals surface area (Å²) in [7, 11) is 3.00. The molecule has 0 spiro atoms. The molecular formula is C12H11NO5. The van der Waals surface area contributed by atoms with Crippen LogP contribution in [-0.2, 0) is 0 Å². The first kappa shape index (κ1) is 12.0. The Hall–Kier alpha value is -2.50. The Kier molecular flexibility index (Phi) is 3.18. The molecule has 0 aliphatic rings. The van der Waals surface area contributed by atoms with E-state index in [0.717, 1.165) is 6.20 Å². The van der Waals surface area contributed by atoms with E-state index in [9.17, 15) is 4.79 Å².